The lowest BCUT2D eigenvalue weighted by Crippen LogP contribution is -2.37. The molecular weight excluding hydrogens is 142 g/mol. The number of rotatable bonds is 4. The summed E-state index contributed by atoms with van der Waals surface area (Å²) in [7, 11) is 1.72. The highest BCUT2D eigenvalue weighted by Gasteiger charge is 2.13. The number of amides is 1. The normalized spacial score (nSPS) is 12.7. The molecule has 0 aromatic heterocycles. The lowest BCUT2D eigenvalue weighted by molar-refractivity contribution is -0.130. The van der Waals surface area contributed by atoms with Gasteiger partial charge >= 0.3 is 0 Å². The van der Waals surface area contributed by atoms with Gasteiger partial charge in [-0.3, -0.25) is 4.79 Å². The van der Waals surface area contributed by atoms with Crippen molar-refractivity contribution >= 4 is 5.91 Å². The van der Waals surface area contributed by atoms with Crippen molar-refractivity contribution in [3.8, 4) is 0 Å². The summed E-state index contributed by atoms with van der Waals surface area (Å²) in [6.45, 7) is 3.61. The number of hydrogen-bond acceptors (Lipinski definition) is 2. The van der Waals surface area contributed by atoms with Gasteiger partial charge in [0.15, 0.2) is 0 Å². The summed E-state index contributed by atoms with van der Waals surface area (Å²) in [6.07, 6.45) is 1.86. The van der Waals surface area contributed by atoms with Gasteiger partial charge in [0, 0.05) is 14.0 Å². The van der Waals surface area contributed by atoms with Crippen LogP contribution in [0.15, 0.2) is 0 Å². The van der Waals surface area contributed by atoms with Crippen molar-refractivity contribution in [2.45, 2.75) is 32.7 Å². The summed E-state index contributed by atoms with van der Waals surface area (Å²) in [5.74, 6) is 0.0116. The highest BCUT2D eigenvalue weighted by molar-refractivity contribution is 5.73. The zero-order chi connectivity index (χ0) is 8.85. The minimum atomic E-state index is -0.00231. The van der Waals surface area contributed by atoms with Gasteiger partial charge in [-0.2, -0.15) is 0 Å². The van der Waals surface area contributed by atoms with Crippen LogP contribution in [-0.4, -0.2) is 35.6 Å². The molecule has 3 nitrogen and oxygen atoms in total. The van der Waals surface area contributed by atoms with Gasteiger partial charge < -0.3 is 10.0 Å². The number of aliphatic hydroxyl groups excluding tert-OH is 1. The molecule has 3 heteroatoms. The molecule has 0 bridgehead atoms. The SMILES string of the molecule is CCCC(CO)N(C)C(C)=O. The van der Waals surface area contributed by atoms with E-state index < -0.39 is 0 Å². The third-order valence-corrected chi connectivity index (χ3v) is 1.88. The molecule has 1 atom stereocenters. The van der Waals surface area contributed by atoms with Crippen molar-refractivity contribution < 1.29 is 9.90 Å². The van der Waals surface area contributed by atoms with Crippen LogP contribution in [0.25, 0.3) is 0 Å². The Morgan fingerprint density at radius 2 is 2.18 bits per heavy atom. The lowest BCUT2D eigenvalue weighted by atomic mass is 10.1. The Hall–Kier alpha value is -0.570. The molecule has 0 aliphatic heterocycles. The third kappa shape index (κ3) is 3.37. The zero-order valence-corrected chi connectivity index (χ0v) is 7.50. The fourth-order valence-electron chi connectivity index (χ4n) is 0.998. The number of nitrogens with zero attached hydrogens (tertiary/aromatic N) is 1. The van der Waals surface area contributed by atoms with E-state index in [-0.39, 0.29) is 18.6 Å². The van der Waals surface area contributed by atoms with E-state index in [1.807, 2.05) is 6.92 Å². The number of aliphatic hydroxyl groups is 1. The van der Waals surface area contributed by atoms with Gasteiger partial charge in [-0.25, -0.2) is 0 Å². The van der Waals surface area contributed by atoms with Gasteiger partial charge in [-0.1, -0.05) is 13.3 Å². The van der Waals surface area contributed by atoms with Crippen LogP contribution in [-0.2, 0) is 4.79 Å². The molecule has 0 rings (SSSR count). The topological polar surface area (TPSA) is 40.5 Å². The van der Waals surface area contributed by atoms with Crippen molar-refractivity contribution in [2.75, 3.05) is 13.7 Å². The Balaban J connectivity index is 3.91. The second kappa shape index (κ2) is 5.13. The van der Waals surface area contributed by atoms with E-state index in [0.29, 0.717) is 0 Å². The maximum atomic E-state index is 10.8. The smallest absolute Gasteiger partial charge is 0.219 e. The van der Waals surface area contributed by atoms with Crippen LogP contribution < -0.4 is 0 Å². The summed E-state index contributed by atoms with van der Waals surface area (Å²) in [5, 5.41) is 8.88. The molecule has 0 aromatic rings. The first-order valence-electron chi connectivity index (χ1n) is 3.97. The van der Waals surface area contributed by atoms with Crippen molar-refractivity contribution in [3.63, 3.8) is 0 Å². The predicted molar refractivity (Wildman–Crippen MR) is 44.2 cm³/mol. The Kier molecular flexibility index (Phi) is 4.86. The van der Waals surface area contributed by atoms with Gasteiger partial charge in [0.25, 0.3) is 0 Å². The van der Waals surface area contributed by atoms with Crippen LogP contribution in [0.4, 0.5) is 0 Å². The molecule has 66 valence electrons. The minimum Gasteiger partial charge on any atom is -0.394 e. The molecule has 11 heavy (non-hydrogen) atoms. The van der Waals surface area contributed by atoms with E-state index >= 15 is 0 Å². The van der Waals surface area contributed by atoms with Gasteiger partial charge in [0.2, 0.25) is 5.91 Å². The van der Waals surface area contributed by atoms with E-state index in [0.717, 1.165) is 12.8 Å². The average Bonchev–Trinajstić information content (AvgIpc) is 1.98. The maximum Gasteiger partial charge on any atom is 0.219 e. The number of hydrogen-bond donors (Lipinski definition) is 1. The molecule has 0 spiro atoms. The Bertz CT molecular complexity index is 125. The number of carbonyl (C=O) groups is 1. The average molecular weight is 159 g/mol. The van der Waals surface area contributed by atoms with Crippen LogP contribution in [0.2, 0.25) is 0 Å². The summed E-state index contributed by atoms with van der Waals surface area (Å²) < 4.78 is 0. The van der Waals surface area contributed by atoms with Crippen LogP contribution in [0.5, 0.6) is 0 Å². The zero-order valence-electron chi connectivity index (χ0n) is 7.50. The van der Waals surface area contributed by atoms with Gasteiger partial charge in [0.05, 0.1) is 12.6 Å². The molecule has 1 amide bonds. The van der Waals surface area contributed by atoms with E-state index in [1.54, 1.807) is 11.9 Å². The molecule has 0 fully saturated rings. The van der Waals surface area contributed by atoms with E-state index in [4.69, 9.17) is 5.11 Å². The molecule has 0 aliphatic carbocycles. The molecule has 0 saturated heterocycles. The van der Waals surface area contributed by atoms with Gasteiger partial charge in [-0.05, 0) is 6.42 Å². The van der Waals surface area contributed by atoms with Crippen molar-refractivity contribution in [3.05, 3.63) is 0 Å². The quantitative estimate of drug-likeness (QED) is 0.653. The summed E-state index contributed by atoms with van der Waals surface area (Å²) >= 11 is 0. The van der Waals surface area contributed by atoms with E-state index in [1.165, 1.54) is 6.92 Å². The molecule has 0 aliphatic rings. The first-order valence-corrected chi connectivity index (χ1v) is 3.97. The lowest BCUT2D eigenvalue weighted by Gasteiger charge is -2.24. The first kappa shape index (κ1) is 10.4. The standard InChI is InChI=1S/C8H17NO2/c1-4-5-8(6-10)9(3)7(2)11/h8,10H,4-6H2,1-3H3. The summed E-state index contributed by atoms with van der Waals surface area (Å²) in [5.41, 5.74) is 0. The molecule has 1 unspecified atom stereocenters. The van der Waals surface area contributed by atoms with Crippen LogP contribution in [0.3, 0.4) is 0 Å². The minimum absolute atomic E-state index is 0.00231. The first-order chi connectivity index (χ1) is 5.13. The van der Waals surface area contributed by atoms with Gasteiger partial charge in [0.1, 0.15) is 0 Å². The fraction of sp³-hybridized carbons (Fsp3) is 0.875. The fourth-order valence-corrected chi connectivity index (χ4v) is 0.998. The number of carbonyl (C=O) groups excluding carboxylic acids is 1. The second-order valence-corrected chi connectivity index (χ2v) is 2.75. The second-order valence-electron chi connectivity index (χ2n) is 2.75. The molecule has 0 saturated carbocycles. The monoisotopic (exact) mass is 159 g/mol. The number of likely N-dealkylation sites (N-methyl/N-ethyl adjacent to an activating group) is 1. The Morgan fingerprint density at radius 3 is 2.45 bits per heavy atom. The van der Waals surface area contributed by atoms with Crippen LogP contribution in [0.1, 0.15) is 26.7 Å². The highest BCUT2D eigenvalue weighted by Crippen LogP contribution is 2.03. The van der Waals surface area contributed by atoms with Crippen molar-refractivity contribution in [2.24, 2.45) is 0 Å². The van der Waals surface area contributed by atoms with Crippen molar-refractivity contribution in [1.82, 2.24) is 4.90 Å². The molecular formula is C8H17NO2. The van der Waals surface area contributed by atoms with Crippen molar-refractivity contribution in [1.29, 1.82) is 0 Å². The van der Waals surface area contributed by atoms with Crippen LogP contribution in [0, 0.1) is 0 Å². The maximum absolute atomic E-state index is 10.8. The Labute approximate surface area is 68.0 Å². The largest absolute Gasteiger partial charge is 0.394 e. The molecule has 0 aromatic carbocycles. The third-order valence-electron chi connectivity index (χ3n) is 1.88. The van der Waals surface area contributed by atoms with E-state index in [2.05, 4.69) is 0 Å². The van der Waals surface area contributed by atoms with E-state index in [9.17, 15) is 4.79 Å². The molecule has 1 N–H and O–H groups in total. The van der Waals surface area contributed by atoms with Gasteiger partial charge in [-0.15, -0.1) is 0 Å². The van der Waals surface area contributed by atoms with Crippen LogP contribution >= 0.6 is 0 Å². The predicted octanol–water partition coefficient (Wildman–Crippen LogP) is 0.626. The highest BCUT2D eigenvalue weighted by atomic mass is 16.3. The summed E-state index contributed by atoms with van der Waals surface area (Å²) in [4.78, 5) is 12.4. The Morgan fingerprint density at radius 1 is 1.64 bits per heavy atom. The summed E-state index contributed by atoms with van der Waals surface area (Å²) in [6, 6.07) is -0.00231. The molecule has 0 heterocycles. The molecule has 0 radical (unpaired) electrons.